The summed E-state index contributed by atoms with van der Waals surface area (Å²) >= 11 is 0. The van der Waals surface area contributed by atoms with Crippen molar-refractivity contribution in [1.29, 1.82) is 0 Å². The van der Waals surface area contributed by atoms with E-state index in [-0.39, 0.29) is 18.6 Å². The molecule has 0 bridgehead atoms. The number of hydrogen-bond acceptors (Lipinski definition) is 7. The second kappa shape index (κ2) is 10.2. The minimum atomic E-state index is -0.535. The van der Waals surface area contributed by atoms with Crippen molar-refractivity contribution in [2.24, 2.45) is 7.05 Å². The zero-order chi connectivity index (χ0) is 26.2. The number of anilines is 1. The minimum absolute atomic E-state index is 0.0419. The summed E-state index contributed by atoms with van der Waals surface area (Å²) in [5.74, 6) is -0.0843. The molecule has 1 saturated carbocycles. The van der Waals surface area contributed by atoms with Gasteiger partial charge in [-0.15, -0.1) is 0 Å². The second-order valence-corrected chi connectivity index (χ2v) is 10.3. The fourth-order valence-corrected chi connectivity index (χ4v) is 5.89. The Morgan fingerprint density at radius 3 is 2.71 bits per heavy atom. The lowest BCUT2D eigenvalue weighted by molar-refractivity contribution is 0.0160. The minimum Gasteiger partial charge on any atom is -0.395 e. The molecule has 0 saturated heterocycles. The van der Waals surface area contributed by atoms with Crippen molar-refractivity contribution in [3.8, 4) is 11.3 Å². The molecule has 4 aromatic rings. The van der Waals surface area contributed by atoms with Crippen LogP contribution in [0.25, 0.3) is 22.2 Å². The third-order valence-electron chi connectivity index (χ3n) is 7.77. The molecule has 3 aromatic heterocycles. The summed E-state index contributed by atoms with van der Waals surface area (Å²) in [6.07, 6.45) is 10.9. The van der Waals surface area contributed by atoms with Gasteiger partial charge in [0.2, 0.25) is 0 Å². The summed E-state index contributed by atoms with van der Waals surface area (Å²) < 4.78 is 1.75. The Balaban J connectivity index is 1.40. The number of aliphatic hydroxyl groups excluding tert-OH is 2. The maximum atomic E-state index is 13.9. The van der Waals surface area contributed by atoms with Gasteiger partial charge in [-0.3, -0.25) is 19.4 Å². The monoisotopic (exact) mass is 512 g/mol. The third-order valence-corrected chi connectivity index (χ3v) is 7.77. The topological polar surface area (TPSA) is 108 Å². The van der Waals surface area contributed by atoms with Gasteiger partial charge in [-0.25, -0.2) is 0 Å². The van der Waals surface area contributed by atoms with Crippen LogP contribution in [0.5, 0.6) is 0 Å². The lowest BCUT2D eigenvalue weighted by Gasteiger charge is -2.44. The number of amides is 1. The van der Waals surface area contributed by atoms with Gasteiger partial charge >= 0.3 is 0 Å². The summed E-state index contributed by atoms with van der Waals surface area (Å²) in [5.41, 5.74) is 5.92. The normalized spacial score (nSPS) is 19.7. The summed E-state index contributed by atoms with van der Waals surface area (Å²) in [6.45, 7) is 0.670. The Kier molecular flexibility index (Phi) is 6.55. The van der Waals surface area contributed by atoms with Gasteiger partial charge in [0.1, 0.15) is 0 Å². The molecule has 1 aromatic carbocycles. The lowest BCUT2D eigenvalue weighted by atomic mass is 9.89. The van der Waals surface area contributed by atoms with Crippen molar-refractivity contribution >= 4 is 22.5 Å². The van der Waals surface area contributed by atoms with E-state index in [1.165, 1.54) is 0 Å². The molecule has 1 aliphatic carbocycles. The molecule has 0 radical (unpaired) electrons. The van der Waals surface area contributed by atoms with E-state index in [4.69, 9.17) is 4.98 Å². The van der Waals surface area contributed by atoms with E-state index in [9.17, 15) is 15.0 Å². The molecule has 0 spiro atoms. The molecule has 38 heavy (non-hydrogen) atoms. The summed E-state index contributed by atoms with van der Waals surface area (Å²) in [4.78, 5) is 27.1. The van der Waals surface area contributed by atoms with Gasteiger partial charge in [-0.1, -0.05) is 25.0 Å². The highest BCUT2D eigenvalue weighted by Crippen LogP contribution is 2.38. The first-order valence-electron chi connectivity index (χ1n) is 13.2. The van der Waals surface area contributed by atoms with Gasteiger partial charge in [0.15, 0.2) is 0 Å². The number of nitrogens with zero attached hydrogens (tertiary/aromatic N) is 6. The highest BCUT2D eigenvalue weighted by molar-refractivity contribution is 6.10. The van der Waals surface area contributed by atoms with E-state index in [1.54, 1.807) is 22.0 Å². The maximum absolute atomic E-state index is 13.9. The van der Waals surface area contributed by atoms with Crippen molar-refractivity contribution in [3.63, 3.8) is 0 Å². The van der Waals surface area contributed by atoms with Crippen molar-refractivity contribution in [2.75, 3.05) is 24.7 Å². The van der Waals surface area contributed by atoms with Crippen LogP contribution in [-0.2, 0) is 13.5 Å². The summed E-state index contributed by atoms with van der Waals surface area (Å²) in [5, 5.41) is 25.8. The van der Waals surface area contributed by atoms with Gasteiger partial charge < -0.3 is 20.0 Å². The predicted molar refractivity (Wildman–Crippen MR) is 145 cm³/mol. The molecule has 2 atom stereocenters. The van der Waals surface area contributed by atoms with Crippen LogP contribution in [0.4, 0.5) is 5.69 Å². The molecule has 9 nitrogen and oxygen atoms in total. The van der Waals surface area contributed by atoms with Gasteiger partial charge in [-0.2, -0.15) is 5.10 Å². The van der Waals surface area contributed by atoms with Crippen molar-refractivity contribution in [2.45, 2.75) is 44.2 Å². The lowest BCUT2D eigenvalue weighted by Crippen LogP contribution is -2.56. The third kappa shape index (κ3) is 4.41. The number of aryl methyl sites for hydroxylation is 1. The Labute approximate surface area is 221 Å². The van der Waals surface area contributed by atoms with Crippen LogP contribution in [0.2, 0.25) is 0 Å². The molecule has 1 aliphatic heterocycles. The zero-order valence-electron chi connectivity index (χ0n) is 21.5. The summed E-state index contributed by atoms with van der Waals surface area (Å²) in [7, 11) is 1.88. The van der Waals surface area contributed by atoms with Crippen LogP contribution in [0.3, 0.4) is 0 Å². The van der Waals surface area contributed by atoms with Crippen molar-refractivity contribution in [3.05, 3.63) is 71.8 Å². The predicted octanol–water partition coefficient (Wildman–Crippen LogP) is 3.14. The SMILES string of the molecule is Cn1cc(-c2ccc(Cc3cc4c(c5ncccc35)N(CCO)CN([C@H]3CCCC[C@@H]3O)C4=O)cn2)cn1. The average molecular weight is 513 g/mol. The molecule has 2 N–H and O–H groups in total. The highest BCUT2D eigenvalue weighted by atomic mass is 16.3. The van der Waals surface area contributed by atoms with Crippen LogP contribution in [0.15, 0.2) is 55.1 Å². The number of hydrogen-bond donors (Lipinski definition) is 2. The van der Waals surface area contributed by atoms with Crippen molar-refractivity contribution in [1.82, 2.24) is 24.6 Å². The Morgan fingerprint density at radius 2 is 1.97 bits per heavy atom. The molecule has 9 heteroatoms. The smallest absolute Gasteiger partial charge is 0.257 e. The molecular formula is C29H32N6O3. The van der Waals surface area contributed by atoms with Gasteiger partial charge in [0.05, 0.1) is 54.1 Å². The average Bonchev–Trinajstić information content (AvgIpc) is 3.37. The largest absolute Gasteiger partial charge is 0.395 e. The zero-order valence-corrected chi connectivity index (χ0v) is 21.5. The number of carbonyl (C=O) groups excluding carboxylic acids is 1. The number of rotatable bonds is 6. The van der Waals surface area contributed by atoms with Crippen LogP contribution in [0.1, 0.15) is 47.2 Å². The molecule has 196 valence electrons. The first-order chi connectivity index (χ1) is 18.5. The highest BCUT2D eigenvalue weighted by Gasteiger charge is 2.39. The molecule has 2 aliphatic rings. The number of aromatic nitrogens is 4. The van der Waals surface area contributed by atoms with Gasteiger partial charge in [0.25, 0.3) is 5.91 Å². The Bertz CT molecular complexity index is 1470. The Morgan fingerprint density at radius 1 is 1.11 bits per heavy atom. The van der Waals surface area contributed by atoms with E-state index in [0.29, 0.717) is 31.6 Å². The van der Waals surface area contributed by atoms with Crippen LogP contribution >= 0.6 is 0 Å². The first kappa shape index (κ1) is 24.5. The standard InChI is InChI=1S/C29H32N6O3/c1-33-17-21(16-32-33)24-9-8-19(15-31-24)13-20-14-23-28(27-22(20)5-4-10-30-27)34(11-12-36)18-35(29(23)38)25-6-2-3-7-26(25)37/h4-5,8-10,14-17,25-26,36-37H,2-3,6-7,11-13,18H2,1H3/t25-,26-/m0/s1. The van der Waals surface area contributed by atoms with E-state index in [0.717, 1.165) is 58.2 Å². The van der Waals surface area contributed by atoms with Gasteiger partial charge in [-0.05, 0) is 48.6 Å². The number of carbonyl (C=O) groups is 1. The van der Waals surface area contributed by atoms with Crippen LogP contribution in [-0.4, -0.2) is 72.7 Å². The van der Waals surface area contributed by atoms with Crippen LogP contribution in [0, 0.1) is 0 Å². The molecule has 1 fully saturated rings. The molecule has 1 amide bonds. The maximum Gasteiger partial charge on any atom is 0.257 e. The quantitative estimate of drug-likeness (QED) is 0.409. The molecule has 0 unspecified atom stereocenters. The van der Waals surface area contributed by atoms with E-state index >= 15 is 0 Å². The van der Waals surface area contributed by atoms with E-state index in [2.05, 4.69) is 16.1 Å². The molecule has 6 rings (SSSR count). The molecule has 4 heterocycles. The van der Waals surface area contributed by atoms with Gasteiger partial charge in [0, 0.05) is 43.1 Å². The fraction of sp³-hybridized carbons (Fsp3) is 0.379. The summed E-state index contributed by atoms with van der Waals surface area (Å²) in [6, 6.07) is 9.75. The molecular weight excluding hydrogens is 480 g/mol. The Hall–Kier alpha value is -3.82. The number of β-amino-alcohol motifs (C(OH)–C–C–N with tert-alkyl or cyclic N) is 1. The number of pyridine rings is 2. The van der Waals surface area contributed by atoms with E-state index < -0.39 is 6.10 Å². The van der Waals surface area contributed by atoms with Crippen LogP contribution < -0.4 is 4.90 Å². The number of fused-ring (bicyclic) bond motifs is 3. The first-order valence-corrected chi connectivity index (χ1v) is 13.2. The second-order valence-electron chi connectivity index (χ2n) is 10.3. The number of aliphatic hydroxyl groups is 2. The number of benzene rings is 1. The van der Waals surface area contributed by atoms with Crippen molar-refractivity contribution < 1.29 is 15.0 Å². The fourth-order valence-electron chi connectivity index (χ4n) is 5.89. The van der Waals surface area contributed by atoms with E-state index in [1.807, 2.05) is 48.6 Å².